The molecular formula is C8H8Cl2N2O. The number of carbonyl (C=O) groups excluding carboxylic acids is 1. The maximum atomic E-state index is 10.7. The summed E-state index contributed by atoms with van der Waals surface area (Å²) >= 11 is 10.7. The van der Waals surface area contributed by atoms with E-state index in [4.69, 9.17) is 23.4 Å². The first-order valence-electron chi connectivity index (χ1n) is 3.61. The number of nitrogens with one attached hydrogen (secondary N) is 2. The number of amides is 2. The van der Waals surface area contributed by atoms with Crippen LogP contribution < -0.4 is 10.2 Å². The quantitative estimate of drug-likeness (QED) is 0.736. The van der Waals surface area contributed by atoms with Crippen molar-refractivity contribution in [1.82, 2.24) is 10.2 Å². The highest BCUT2D eigenvalue weighted by molar-refractivity contribution is 6.30. The van der Waals surface area contributed by atoms with Gasteiger partial charge >= 0.3 is 6.03 Å². The molecule has 5 heteroatoms. The Kier molecular flexibility index (Phi) is 3.86. The van der Waals surface area contributed by atoms with Crippen LogP contribution in [0.3, 0.4) is 0 Å². The molecule has 0 aromatic heterocycles. The second-order valence-electron chi connectivity index (χ2n) is 2.40. The summed E-state index contributed by atoms with van der Waals surface area (Å²) in [5.41, 5.74) is 0.963. The third kappa shape index (κ3) is 3.53. The Labute approximate surface area is 86.1 Å². The van der Waals surface area contributed by atoms with Gasteiger partial charge in [-0.05, 0) is 17.7 Å². The number of hydrogen-bond acceptors (Lipinski definition) is 1. The lowest BCUT2D eigenvalue weighted by atomic mass is 10.2. The summed E-state index contributed by atoms with van der Waals surface area (Å²) in [6, 6.07) is 6.76. The molecule has 1 aromatic carbocycles. The zero-order valence-electron chi connectivity index (χ0n) is 6.68. The molecule has 3 nitrogen and oxygen atoms in total. The normalized spacial score (nSPS) is 9.38. The first kappa shape index (κ1) is 10.2. The molecule has 0 aliphatic carbocycles. The number of benzene rings is 1. The van der Waals surface area contributed by atoms with E-state index >= 15 is 0 Å². The molecule has 0 spiro atoms. The predicted octanol–water partition coefficient (Wildman–Crippen LogP) is 2.29. The van der Waals surface area contributed by atoms with Crippen molar-refractivity contribution in [3.63, 3.8) is 0 Å². The standard InChI is InChI=1S/C8H8Cl2N2O/c9-7-3-1-6(2-4-7)5-11-8(13)12-10/h1-4H,5H2,(H2,11,12,13). The van der Waals surface area contributed by atoms with Crippen molar-refractivity contribution in [2.45, 2.75) is 6.54 Å². The van der Waals surface area contributed by atoms with Gasteiger partial charge in [-0.3, -0.25) is 0 Å². The van der Waals surface area contributed by atoms with E-state index in [1.165, 1.54) is 0 Å². The maximum Gasteiger partial charge on any atom is 0.329 e. The van der Waals surface area contributed by atoms with Crippen LogP contribution in [-0.2, 0) is 6.54 Å². The lowest BCUT2D eigenvalue weighted by Crippen LogP contribution is -2.29. The lowest BCUT2D eigenvalue weighted by Gasteiger charge is -2.02. The van der Waals surface area contributed by atoms with Gasteiger partial charge in [-0.25, -0.2) is 9.63 Å². The van der Waals surface area contributed by atoms with Crippen molar-refractivity contribution in [1.29, 1.82) is 0 Å². The van der Waals surface area contributed by atoms with Gasteiger partial charge in [-0.2, -0.15) is 0 Å². The third-order valence-corrected chi connectivity index (χ3v) is 1.88. The Morgan fingerprint density at radius 2 is 1.92 bits per heavy atom. The average Bonchev–Trinajstić information content (AvgIpc) is 2.16. The van der Waals surface area contributed by atoms with E-state index < -0.39 is 6.03 Å². The molecule has 0 unspecified atom stereocenters. The predicted molar refractivity (Wildman–Crippen MR) is 52.7 cm³/mol. The summed E-state index contributed by atoms with van der Waals surface area (Å²) in [4.78, 5) is 12.6. The molecule has 0 heterocycles. The molecule has 0 aliphatic heterocycles. The van der Waals surface area contributed by atoms with Gasteiger partial charge in [-0.1, -0.05) is 23.7 Å². The van der Waals surface area contributed by atoms with Crippen LogP contribution in [0.25, 0.3) is 0 Å². The largest absolute Gasteiger partial charge is 0.333 e. The molecule has 13 heavy (non-hydrogen) atoms. The summed E-state index contributed by atoms with van der Waals surface area (Å²) in [7, 11) is 0. The van der Waals surface area contributed by atoms with E-state index in [-0.39, 0.29) is 0 Å². The first-order valence-corrected chi connectivity index (χ1v) is 4.37. The number of hydrogen-bond donors (Lipinski definition) is 2. The summed E-state index contributed by atoms with van der Waals surface area (Å²) in [6.45, 7) is 0.426. The van der Waals surface area contributed by atoms with Crippen LogP contribution in [0.15, 0.2) is 24.3 Å². The van der Waals surface area contributed by atoms with Gasteiger partial charge in [0.25, 0.3) is 0 Å². The SMILES string of the molecule is O=C(NCl)NCc1ccc(Cl)cc1. The Bertz CT molecular complexity index is 287. The molecule has 1 aromatic rings. The van der Waals surface area contributed by atoms with Gasteiger partial charge in [-0.15, -0.1) is 0 Å². The van der Waals surface area contributed by atoms with Gasteiger partial charge in [0.2, 0.25) is 0 Å². The smallest absolute Gasteiger partial charge is 0.329 e. The molecule has 2 amide bonds. The first-order chi connectivity index (χ1) is 6.22. The minimum Gasteiger partial charge on any atom is -0.333 e. The van der Waals surface area contributed by atoms with Gasteiger partial charge in [0.05, 0.1) is 0 Å². The van der Waals surface area contributed by atoms with Crippen LogP contribution in [0.5, 0.6) is 0 Å². The molecule has 0 fully saturated rings. The molecule has 0 aliphatic rings. The minimum absolute atomic E-state index is 0.420. The number of rotatable bonds is 2. The van der Waals surface area contributed by atoms with Crippen molar-refractivity contribution in [2.24, 2.45) is 0 Å². The zero-order chi connectivity index (χ0) is 9.68. The summed E-state index contributed by atoms with van der Waals surface area (Å²) < 4.78 is 0. The Hall–Kier alpha value is -0.930. The second kappa shape index (κ2) is 4.94. The van der Waals surface area contributed by atoms with Crippen molar-refractivity contribution in [3.8, 4) is 0 Å². The van der Waals surface area contributed by atoms with Crippen LogP contribution in [-0.4, -0.2) is 6.03 Å². The fourth-order valence-corrected chi connectivity index (χ4v) is 1.01. The van der Waals surface area contributed by atoms with Crippen molar-refractivity contribution >= 4 is 29.4 Å². The number of urea groups is 1. The minimum atomic E-state index is -0.420. The van der Waals surface area contributed by atoms with E-state index in [1.54, 1.807) is 12.1 Å². The summed E-state index contributed by atoms with van der Waals surface area (Å²) in [5.74, 6) is 0. The molecule has 0 bridgehead atoms. The molecule has 0 saturated carbocycles. The number of halogens is 2. The Morgan fingerprint density at radius 3 is 2.46 bits per heavy atom. The van der Waals surface area contributed by atoms with Crippen LogP contribution in [0.1, 0.15) is 5.56 Å². The molecular weight excluding hydrogens is 211 g/mol. The Balaban J connectivity index is 2.46. The third-order valence-electron chi connectivity index (χ3n) is 1.45. The maximum absolute atomic E-state index is 10.7. The van der Waals surface area contributed by atoms with Crippen molar-refractivity contribution in [2.75, 3.05) is 0 Å². The van der Waals surface area contributed by atoms with Crippen LogP contribution in [0.2, 0.25) is 5.02 Å². The second-order valence-corrected chi connectivity index (χ2v) is 3.03. The molecule has 0 radical (unpaired) electrons. The van der Waals surface area contributed by atoms with Gasteiger partial charge < -0.3 is 5.32 Å². The monoisotopic (exact) mass is 218 g/mol. The summed E-state index contributed by atoms with van der Waals surface area (Å²) in [6.07, 6.45) is 0. The van der Waals surface area contributed by atoms with Crippen molar-refractivity contribution < 1.29 is 4.79 Å². The van der Waals surface area contributed by atoms with Gasteiger partial charge in [0.1, 0.15) is 0 Å². The van der Waals surface area contributed by atoms with Crippen LogP contribution in [0, 0.1) is 0 Å². The van der Waals surface area contributed by atoms with E-state index in [0.29, 0.717) is 11.6 Å². The topological polar surface area (TPSA) is 41.1 Å². The molecule has 70 valence electrons. The zero-order valence-corrected chi connectivity index (χ0v) is 8.19. The van der Waals surface area contributed by atoms with Gasteiger partial charge in [0.15, 0.2) is 0 Å². The molecule has 0 saturated heterocycles. The van der Waals surface area contributed by atoms with Crippen LogP contribution in [0.4, 0.5) is 4.79 Å². The molecule has 0 atom stereocenters. The summed E-state index contributed by atoms with van der Waals surface area (Å²) in [5, 5.41) is 3.21. The Morgan fingerprint density at radius 1 is 1.31 bits per heavy atom. The fourth-order valence-electron chi connectivity index (χ4n) is 0.818. The fraction of sp³-hybridized carbons (Fsp3) is 0.125. The van der Waals surface area contributed by atoms with E-state index in [0.717, 1.165) is 5.56 Å². The lowest BCUT2D eigenvalue weighted by molar-refractivity contribution is 0.245. The molecule has 1 rings (SSSR count). The average molecular weight is 219 g/mol. The van der Waals surface area contributed by atoms with E-state index in [9.17, 15) is 4.79 Å². The number of carbonyl (C=O) groups is 1. The molecule has 2 N–H and O–H groups in total. The highest BCUT2D eigenvalue weighted by Crippen LogP contribution is 2.08. The highest BCUT2D eigenvalue weighted by atomic mass is 35.5. The van der Waals surface area contributed by atoms with Gasteiger partial charge in [0, 0.05) is 23.3 Å². The van der Waals surface area contributed by atoms with E-state index in [2.05, 4.69) is 5.32 Å². The highest BCUT2D eigenvalue weighted by Gasteiger charge is 1.97. The van der Waals surface area contributed by atoms with E-state index in [1.807, 2.05) is 17.0 Å². The van der Waals surface area contributed by atoms with Crippen molar-refractivity contribution in [3.05, 3.63) is 34.9 Å². The van der Waals surface area contributed by atoms with Crippen LogP contribution >= 0.6 is 23.4 Å².